The Kier molecular flexibility index (Phi) is 9.63. The second kappa shape index (κ2) is 13.8. The van der Waals surface area contributed by atoms with E-state index in [1.807, 2.05) is 50.1 Å². The van der Waals surface area contributed by atoms with Crippen molar-refractivity contribution in [3.8, 4) is 17.9 Å². The maximum absolute atomic E-state index is 14.0. The molecule has 3 atom stereocenters. The summed E-state index contributed by atoms with van der Waals surface area (Å²) in [6.45, 7) is 10.0. The molecule has 3 aliphatic heterocycles. The van der Waals surface area contributed by atoms with Gasteiger partial charge in [-0.15, -0.1) is 11.3 Å². The van der Waals surface area contributed by atoms with E-state index in [-0.39, 0.29) is 28.5 Å². The maximum atomic E-state index is 14.0. The second-order valence-electron chi connectivity index (χ2n) is 13.2. The minimum absolute atomic E-state index is 0.0223. The molecular formula is C37H36ClFN6O3S. The monoisotopic (exact) mass is 698 g/mol. The highest BCUT2D eigenvalue weighted by Crippen LogP contribution is 2.40. The fourth-order valence-corrected chi connectivity index (χ4v) is 7.82. The van der Waals surface area contributed by atoms with Crippen molar-refractivity contribution in [1.29, 1.82) is 5.26 Å². The number of carbonyl (C=O) groups is 2. The van der Waals surface area contributed by atoms with Crippen LogP contribution >= 0.6 is 22.9 Å². The van der Waals surface area contributed by atoms with Crippen LogP contribution in [-0.4, -0.2) is 71.8 Å². The predicted octanol–water partition coefficient (Wildman–Crippen LogP) is 5.55. The molecule has 1 amide bonds. The van der Waals surface area contributed by atoms with Gasteiger partial charge in [-0.1, -0.05) is 29.5 Å². The Morgan fingerprint density at radius 3 is 2.63 bits per heavy atom. The molecule has 1 aromatic heterocycles. The van der Waals surface area contributed by atoms with Gasteiger partial charge in [0.25, 0.3) is 0 Å². The zero-order valence-corrected chi connectivity index (χ0v) is 29.5. The van der Waals surface area contributed by atoms with Gasteiger partial charge in [-0.3, -0.25) is 14.7 Å². The predicted molar refractivity (Wildman–Crippen MR) is 186 cm³/mol. The van der Waals surface area contributed by atoms with E-state index >= 15 is 0 Å². The minimum Gasteiger partial charge on any atom is -0.466 e. The second-order valence-corrected chi connectivity index (χ2v) is 14.5. The first-order chi connectivity index (χ1) is 23.4. The smallest absolute Gasteiger partial charge is 0.338 e. The quantitative estimate of drug-likeness (QED) is 0.266. The Morgan fingerprint density at radius 2 is 1.98 bits per heavy atom. The standard InChI is InChI=1S/C37H36ClFN6O3S/c1-21-14-23(18-40)15-22(2)26(21)8-9-37(3,4)28-17-25-19-44(11-12-45(25)35(28)46)20-30-31(36(47)48-5)32(27-7-6-24(39)16-29(27)38)43-33(42-30)34-41-10-13-49-34/h6-7,10,13-16,25,28,32H,11-12,17,19-20H2,1-5H3,(H,42,43)/t25-,28?,32+/m1/s1. The maximum Gasteiger partial charge on any atom is 0.338 e. The van der Waals surface area contributed by atoms with Crippen LogP contribution in [0.2, 0.25) is 5.02 Å². The molecule has 0 saturated carbocycles. The van der Waals surface area contributed by atoms with Crippen LogP contribution in [0, 0.1) is 54.2 Å². The number of amides is 1. The van der Waals surface area contributed by atoms with E-state index in [0.717, 1.165) is 16.7 Å². The summed E-state index contributed by atoms with van der Waals surface area (Å²) >= 11 is 7.91. The van der Waals surface area contributed by atoms with Crippen LogP contribution in [0.15, 0.2) is 58.2 Å². The van der Waals surface area contributed by atoms with Crippen LogP contribution in [0.5, 0.6) is 0 Å². The summed E-state index contributed by atoms with van der Waals surface area (Å²) in [4.78, 5) is 40.6. The SMILES string of the molecule is COC(=O)C1=C(CN2CCN3C(=O)C(C(C)(C)C#Cc4c(C)cc(C#N)cc4C)C[C@@H]3C2)NC(c2nccs2)=N[C@H]1c1ccc(F)cc1Cl. The Hall–Kier alpha value is -4.55. The van der Waals surface area contributed by atoms with Crippen LogP contribution < -0.4 is 5.32 Å². The molecule has 49 heavy (non-hydrogen) atoms. The number of fused-ring (bicyclic) bond motifs is 1. The van der Waals surface area contributed by atoms with Crippen molar-refractivity contribution < 1.29 is 18.7 Å². The molecule has 2 fully saturated rings. The number of hydrogen-bond acceptors (Lipinski definition) is 9. The van der Waals surface area contributed by atoms with Gasteiger partial charge in [-0.05, 0) is 69.5 Å². The third-order valence-electron chi connectivity index (χ3n) is 9.50. The highest BCUT2D eigenvalue weighted by Gasteiger charge is 2.48. The molecule has 1 N–H and O–H groups in total. The van der Waals surface area contributed by atoms with Crippen LogP contribution in [0.4, 0.5) is 4.39 Å². The third kappa shape index (κ3) is 6.84. The lowest BCUT2D eigenvalue weighted by Crippen LogP contribution is -2.53. The molecule has 2 aromatic carbocycles. The molecule has 12 heteroatoms. The average Bonchev–Trinajstić information content (AvgIpc) is 3.72. The molecule has 0 radical (unpaired) electrons. The van der Waals surface area contributed by atoms with E-state index in [4.69, 9.17) is 21.3 Å². The van der Waals surface area contributed by atoms with Crippen molar-refractivity contribution in [2.24, 2.45) is 16.3 Å². The first kappa shape index (κ1) is 34.3. The molecule has 2 saturated heterocycles. The number of thiazole rings is 1. The zero-order chi connectivity index (χ0) is 35.0. The number of esters is 1. The molecule has 0 spiro atoms. The number of rotatable bonds is 6. The summed E-state index contributed by atoms with van der Waals surface area (Å²) in [5.41, 5.74) is 4.13. The van der Waals surface area contributed by atoms with E-state index in [0.29, 0.717) is 60.3 Å². The largest absolute Gasteiger partial charge is 0.466 e. The number of nitrogens with zero attached hydrogens (tertiary/aromatic N) is 5. The van der Waals surface area contributed by atoms with Gasteiger partial charge >= 0.3 is 5.97 Å². The number of hydrogen-bond donors (Lipinski definition) is 1. The first-order valence-corrected chi connectivity index (χ1v) is 17.2. The van der Waals surface area contributed by atoms with Gasteiger partial charge in [0.15, 0.2) is 10.8 Å². The van der Waals surface area contributed by atoms with Crippen LogP contribution in [-0.2, 0) is 14.3 Å². The van der Waals surface area contributed by atoms with Crippen molar-refractivity contribution in [3.63, 3.8) is 0 Å². The first-order valence-electron chi connectivity index (χ1n) is 16.0. The molecule has 6 rings (SSSR count). The molecule has 9 nitrogen and oxygen atoms in total. The Balaban J connectivity index is 1.26. The van der Waals surface area contributed by atoms with Crippen molar-refractivity contribution in [3.05, 3.63) is 96.8 Å². The number of carbonyl (C=O) groups excluding carboxylic acids is 2. The van der Waals surface area contributed by atoms with Crippen LogP contribution in [0.25, 0.3) is 0 Å². The van der Waals surface area contributed by atoms with E-state index < -0.39 is 23.2 Å². The van der Waals surface area contributed by atoms with Crippen LogP contribution in [0.3, 0.4) is 0 Å². The summed E-state index contributed by atoms with van der Waals surface area (Å²) < 4.78 is 19.3. The van der Waals surface area contributed by atoms with Gasteiger partial charge in [-0.2, -0.15) is 5.26 Å². The van der Waals surface area contributed by atoms with Gasteiger partial charge in [0, 0.05) is 71.1 Å². The minimum atomic E-state index is -0.850. The van der Waals surface area contributed by atoms with E-state index in [2.05, 4.69) is 33.1 Å². The number of nitrogens with one attached hydrogen (secondary N) is 1. The summed E-state index contributed by atoms with van der Waals surface area (Å²) in [5.74, 6) is 5.97. The van der Waals surface area contributed by atoms with Crippen LogP contribution in [0.1, 0.15) is 59.1 Å². The number of amidine groups is 1. The third-order valence-corrected chi connectivity index (χ3v) is 10.6. The Morgan fingerprint density at radius 1 is 1.22 bits per heavy atom. The lowest BCUT2D eigenvalue weighted by molar-refractivity contribution is -0.136. The van der Waals surface area contributed by atoms with Gasteiger partial charge in [0.05, 0.1) is 30.2 Å². The number of ether oxygens (including phenoxy) is 1. The molecule has 3 aliphatic rings. The molecule has 0 aliphatic carbocycles. The van der Waals surface area contributed by atoms with Gasteiger partial charge in [-0.25, -0.2) is 14.2 Å². The summed E-state index contributed by atoms with van der Waals surface area (Å²) in [7, 11) is 1.31. The van der Waals surface area contributed by atoms with Crippen molar-refractivity contribution in [2.45, 2.75) is 46.2 Å². The highest BCUT2D eigenvalue weighted by molar-refractivity contribution is 7.11. The lowest BCUT2D eigenvalue weighted by Gasteiger charge is -2.39. The fraction of sp³-hybridized carbons (Fsp3) is 0.378. The van der Waals surface area contributed by atoms with E-state index in [1.54, 1.807) is 6.20 Å². The fourth-order valence-electron chi connectivity index (χ4n) is 6.96. The molecule has 0 bridgehead atoms. The topological polar surface area (TPSA) is 111 Å². The summed E-state index contributed by atoms with van der Waals surface area (Å²) in [6.07, 6.45) is 2.33. The van der Waals surface area contributed by atoms with Gasteiger partial charge in [0.2, 0.25) is 5.91 Å². The highest BCUT2D eigenvalue weighted by atomic mass is 35.5. The lowest BCUT2D eigenvalue weighted by atomic mass is 9.77. The number of aryl methyl sites for hydroxylation is 2. The number of halogens is 2. The molecular weight excluding hydrogens is 663 g/mol. The average molecular weight is 699 g/mol. The number of nitriles is 1. The van der Waals surface area contributed by atoms with E-state index in [1.165, 1.54) is 36.6 Å². The number of piperazine rings is 1. The van der Waals surface area contributed by atoms with Crippen molar-refractivity contribution in [1.82, 2.24) is 20.1 Å². The Bertz CT molecular complexity index is 1970. The van der Waals surface area contributed by atoms with Gasteiger partial charge in [0.1, 0.15) is 11.9 Å². The van der Waals surface area contributed by atoms with Gasteiger partial charge < -0.3 is 15.0 Å². The molecule has 4 heterocycles. The number of aliphatic imine (C=N–C) groups is 1. The number of benzene rings is 2. The summed E-state index contributed by atoms with van der Waals surface area (Å²) in [6, 6.07) is 9.03. The van der Waals surface area contributed by atoms with Crippen molar-refractivity contribution >= 4 is 40.6 Å². The zero-order valence-electron chi connectivity index (χ0n) is 27.9. The molecule has 252 valence electrons. The van der Waals surface area contributed by atoms with E-state index in [9.17, 15) is 19.2 Å². The Labute approximate surface area is 294 Å². The van der Waals surface area contributed by atoms with Crippen molar-refractivity contribution in [2.75, 3.05) is 33.3 Å². The summed E-state index contributed by atoms with van der Waals surface area (Å²) in [5, 5.41) is 15.3. The number of aromatic nitrogens is 1. The number of methoxy groups -OCH3 is 1. The normalized spacial score (nSPS) is 20.9. The molecule has 1 unspecified atom stereocenters. The molecule has 3 aromatic rings.